The number of amides is 1. The molecule has 2 fully saturated rings. The monoisotopic (exact) mass is 344 g/mol. The Morgan fingerprint density at radius 2 is 1.76 bits per heavy atom. The first-order valence-corrected chi connectivity index (χ1v) is 9.57. The SMILES string of the molecule is COc1cc(N2CCC3(CC2)CN(C(=O)C(C)C)C3)ccc1C(C)C. The molecule has 3 rings (SSSR count). The number of hydrogen-bond donors (Lipinski definition) is 0. The van der Waals surface area contributed by atoms with Crippen molar-refractivity contribution >= 4 is 11.6 Å². The number of nitrogens with zero attached hydrogens (tertiary/aromatic N) is 2. The van der Waals surface area contributed by atoms with Crippen LogP contribution in [0.1, 0.15) is 52.0 Å². The van der Waals surface area contributed by atoms with Gasteiger partial charge in [-0.15, -0.1) is 0 Å². The van der Waals surface area contributed by atoms with Crippen molar-refractivity contribution in [3.05, 3.63) is 23.8 Å². The van der Waals surface area contributed by atoms with E-state index in [2.05, 4.69) is 36.9 Å². The van der Waals surface area contributed by atoms with Crippen LogP contribution in [0.5, 0.6) is 5.75 Å². The molecule has 1 spiro atoms. The maximum absolute atomic E-state index is 12.1. The fourth-order valence-electron chi connectivity index (χ4n) is 4.21. The summed E-state index contributed by atoms with van der Waals surface area (Å²) in [6.07, 6.45) is 2.34. The number of anilines is 1. The van der Waals surface area contributed by atoms with Gasteiger partial charge in [-0.1, -0.05) is 33.8 Å². The Bertz CT molecular complexity index is 623. The summed E-state index contributed by atoms with van der Waals surface area (Å²) in [6, 6.07) is 6.61. The molecule has 0 bridgehead atoms. The molecule has 0 radical (unpaired) electrons. The van der Waals surface area contributed by atoms with Gasteiger partial charge in [-0.3, -0.25) is 4.79 Å². The largest absolute Gasteiger partial charge is 0.496 e. The van der Waals surface area contributed by atoms with Gasteiger partial charge in [0.2, 0.25) is 5.91 Å². The average molecular weight is 344 g/mol. The van der Waals surface area contributed by atoms with E-state index in [-0.39, 0.29) is 5.92 Å². The van der Waals surface area contributed by atoms with Crippen LogP contribution >= 0.6 is 0 Å². The minimum atomic E-state index is 0.115. The van der Waals surface area contributed by atoms with Crippen molar-refractivity contribution in [1.29, 1.82) is 0 Å². The normalized spacial score (nSPS) is 19.5. The molecule has 138 valence electrons. The van der Waals surface area contributed by atoms with E-state index in [4.69, 9.17) is 4.74 Å². The van der Waals surface area contributed by atoms with Gasteiger partial charge in [0.1, 0.15) is 5.75 Å². The molecule has 25 heavy (non-hydrogen) atoms. The third kappa shape index (κ3) is 3.49. The summed E-state index contributed by atoms with van der Waals surface area (Å²) in [6.45, 7) is 12.4. The molecule has 1 amide bonds. The molecular weight excluding hydrogens is 312 g/mol. The lowest BCUT2D eigenvalue weighted by atomic mass is 9.71. The number of likely N-dealkylation sites (tertiary alicyclic amines) is 1. The van der Waals surface area contributed by atoms with Crippen LogP contribution in [-0.4, -0.2) is 44.1 Å². The zero-order valence-electron chi connectivity index (χ0n) is 16.3. The van der Waals surface area contributed by atoms with E-state index >= 15 is 0 Å². The number of carbonyl (C=O) groups excluding carboxylic acids is 1. The number of benzene rings is 1. The Kier molecular flexibility index (Phi) is 4.99. The highest BCUT2D eigenvalue weighted by atomic mass is 16.5. The molecule has 2 saturated heterocycles. The number of carbonyl (C=O) groups is 1. The molecule has 1 aromatic rings. The lowest BCUT2D eigenvalue weighted by Gasteiger charge is -2.54. The molecule has 0 N–H and O–H groups in total. The molecule has 2 aliphatic rings. The summed E-state index contributed by atoms with van der Waals surface area (Å²) in [4.78, 5) is 16.6. The average Bonchev–Trinajstić information content (AvgIpc) is 2.58. The van der Waals surface area contributed by atoms with E-state index in [1.165, 1.54) is 24.1 Å². The summed E-state index contributed by atoms with van der Waals surface area (Å²) in [5.41, 5.74) is 2.88. The zero-order valence-corrected chi connectivity index (χ0v) is 16.3. The van der Waals surface area contributed by atoms with Crippen molar-refractivity contribution in [2.24, 2.45) is 11.3 Å². The van der Waals surface area contributed by atoms with Gasteiger partial charge in [0.05, 0.1) is 7.11 Å². The maximum atomic E-state index is 12.1. The number of ether oxygens (including phenoxy) is 1. The van der Waals surface area contributed by atoms with E-state index in [1.807, 2.05) is 18.7 Å². The van der Waals surface area contributed by atoms with Crippen LogP contribution in [0.25, 0.3) is 0 Å². The molecule has 2 aliphatic heterocycles. The van der Waals surface area contributed by atoms with Crippen LogP contribution in [0.2, 0.25) is 0 Å². The predicted molar refractivity (Wildman–Crippen MR) is 102 cm³/mol. The molecule has 1 aromatic carbocycles. The highest BCUT2D eigenvalue weighted by molar-refractivity contribution is 5.79. The predicted octanol–water partition coefficient (Wildman–Crippen LogP) is 3.90. The quantitative estimate of drug-likeness (QED) is 0.830. The summed E-state index contributed by atoms with van der Waals surface area (Å²) in [5.74, 6) is 1.88. The van der Waals surface area contributed by atoms with Gasteiger partial charge in [-0.05, 0) is 30.4 Å². The van der Waals surface area contributed by atoms with Gasteiger partial charge in [0.25, 0.3) is 0 Å². The van der Waals surface area contributed by atoms with Crippen molar-refractivity contribution < 1.29 is 9.53 Å². The minimum Gasteiger partial charge on any atom is -0.496 e. The van der Waals surface area contributed by atoms with Crippen LogP contribution in [0.3, 0.4) is 0 Å². The second-order valence-electron chi connectivity index (χ2n) is 8.42. The van der Waals surface area contributed by atoms with Gasteiger partial charge < -0.3 is 14.5 Å². The summed E-state index contributed by atoms with van der Waals surface area (Å²) in [5, 5.41) is 0. The number of rotatable bonds is 4. The van der Waals surface area contributed by atoms with Gasteiger partial charge >= 0.3 is 0 Å². The van der Waals surface area contributed by atoms with E-state index in [9.17, 15) is 4.79 Å². The smallest absolute Gasteiger partial charge is 0.225 e. The second kappa shape index (κ2) is 6.89. The highest BCUT2D eigenvalue weighted by Gasteiger charge is 2.46. The molecule has 2 heterocycles. The highest BCUT2D eigenvalue weighted by Crippen LogP contribution is 2.42. The Labute approximate surface area is 152 Å². The summed E-state index contributed by atoms with van der Waals surface area (Å²) in [7, 11) is 1.75. The molecule has 4 nitrogen and oxygen atoms in total. The van der Waals surface area contributed by atoms with Gasteiger partial charge in [-0.25, -0.2) is 0 Å². The number of hydrogen-bond acceptors (Lipinski definition) is 3. The van der Waals surface area contributed by atoms with Crippen LogP contribution < -0.4 is 9.64 Å². The molecule has 0 unspecified atom stereocenters. The first-order chi connectivity index (χ1) is 11.8. The van der Waals surface area contributed by atoms with Crippen molar-refractivity contribution in [3.8, 4) is 5.75 Å². The Balaban J connectivity index is 1.61. The van der Waals surface area contributed by atoms with Crippen molar-refractivity contribution in [3.63, 3.8) is 0 Å². The topological polar surface area (TPSA) is 32.8 Å². The van der Waals surface area contributed by atoms with E-state index in [1.54, 1.807) is 7.11 Å². The maximum Gasteiger partial charge on any atom is 0.225 e. The van der Waals surface area contributed by atoms with Gasteiger partial charge in [-0.2, -0.15) is 0 Å². The fraction of sp³-hybridized carbons (Fsp3) is 0.667. The lowest BCUT2D eigenvalue weighted by Crippen LogP contribution is -2.62. The molecule has 4 heteroatoms. The Hall–Kier alpha value is -1.71. The molecule has 0 atom stereocenters. The fourth-order valence-corrected chi connectivity index (χ4v) is 4.21. The number of methoxy groups -OCH3 is 1. The van der Waals surface area contributed by atoms with E-state index in [0.717, 1.165) is 31.9 Å². The summed E-state index contributed by atoms with van der Waals surface area (Å²) < 4.78 is 5.60. The number of piperidine rings is 1. The first-order valence-electron chi connectivity index (χ1n) is 9.57. The van der Waals surface area contributed by atoms with Crippen LogP contribution in [0, 0.1) is 11.3 Å². The lowest BCUT2D eigenvalue weighted by molar-refractivity contribution is -0.148. The van der Waals surface area contributed by atoms with Crippen LogP contribution in [0.4, 0.5) is 5.69 Å². The van der Waals surface area contributed by atoms with Crippen molar-refractivity contribution in [1.82, 2.24) is 4.90 Å². The Morgan fingerprint density at radius 1 is 1.12 bits per heavy atom. The van der Waals surface area contributed by atoms with Crippen molar-refractivity contribution in [2.75, 3.05) is 38.2 Å². The van der Waals surface area contributed by atoms with Gasteiger partial charge in [0, 0.05) is 49.3 Å². The molecular formula is C21H32N2O2. The third-order valence-electron chi connectivity index (χ3n) is 5.89. The molecule has 0 aromatic heterocycles. The second-order valence-corrected chi connectivity index (χ2v) is 8.42. The van der Waals surface area contributed by atoms with E-state index < -0.39 is 0 Å². The van der Waals surface area contributed by atoms with Crippen LogP contribution in [0.15, 0.2) is 18.2 Å². The Morgan fingerprint density at radius 3 is 2.28 bits per heavy atom. The van der Waals surface area contributed by atoms with Crippen LogP contribution in [-0.2, 0) is 4.79 Å². The minimum absolute atomic E-state index is 0.115. The van der Waals surface area contributed by atoms with Gasteiger partial charge in [0.15, 0.2) is 0 Å². The first kappa shape index (κ1) is 18.1. The van der Waals surface area contributed by atoms with E-state index in [0.29, 0.717) is 17.2 Å². The molecule has 0 aliphatic carbocycles. The van der Waals surface area contributed by atoms with Crippen molar-refractivity contribution in [2.45, 2.75) is 46.5 Å². The summed E-state index contributed by atoms with van der Waals surface area (Å²) >= 11 is 0. The zero-order chi connectivity index (χ0) is 18.2. The molecule has 0 saturated carbocycles. The standard InChI is InChI=1S/C21H32N2O2/c1-15(2)18-7-6-17(12-19(18)25-5)22-10-8-21(9-11-22)13-23(14-21)20(24)16(3)4/h6-7,12,15-16H,8-11,13-14H2,1-5H3. The third-order valence-corrected chi connectivity index (χ3v) is 5.89.